The predicted octanol–water partition coefficient (Wildman–Crippen LogP) is 1.22. The molecule has 1 aliphatic heterocycles. The molecule has 0 spiro atoms. The van der Waals surface area contributed by atoms with E-state index in [2.05, 4.69) is 0 Å². The van der Waals surface area contributed by atoms with Crippen molar-refractivity contribution < 1.29 is 52.6 Å². The molecule has 1 saturated heterocycles. The van der Waals surface area contributed by atoms with Gasteiger partial charge in [0.05, 0.1) is 30.1 Å². The van der Waals surface area contributed by atoms with E-state index in [1.807, 2.05) is 0 Å². The number of aliphatic hydroxyl groups excluding tert-OH is 4. The maximum atomic E-state index is 12.4. The number of rotatable bonds is 9. The Kier molecular flexibility index (Phi) is 7.92. The Balaban J connectivity index is 1.39. The summed E-state index contributed by atoms with van der Waals surface area (Å²) in [7, 11) is 0. The SMILES string of the molecule is Cc1occc(=O)c1O[C@@H]1O[C@H](CO)[C@@H](O)[C@H](O)[C@H]1OC(C)(C)[C@H](O)COc1c2ccoc2cc2ccc(=O)oc12. The highest BCUT2D eigenvalue weighted by Gasteiger charge is 2.49. The van der Waals surface area contributed by atoms with E-state index in [4.69, 9.17) is 32.2 Å². The third-order valence-electron chi connectivity index (χ3n) is 6.99. The molecule has 13 heteroatoms. The molecule has 0 aliphatic carbocycles. The summed E-state index contributed by atoms with van der Waals surface area (Å²) in [5.41, 5.74) is -1.95. The van der Waals surface area contributed by atoms with E-state index in [1.54, 1.807) is 18.2 Å². The zero-order valence-electron chi connectivity index (χ0n) is 22.4. The lowest BCUT2D eigenvalue weighted by molar-refractivity contribution is -0.312. The highest BCUT2D eigenvalue weighted by molar-refractivity contribution is 6.00. The molecular formula is C28H30O13. The van der Waals surface area contributed by atoms with Crippen LogP contribution in [0, 0.1) is 6.92 Å². The predicted molar refractivity (Wildman–Crippen MR) is 141 cm³/mol. The van der Waals surface area contributed by atoms with Gasteiger partial charge >= 0.3 is 5.63 Å². The van der Waals surface area contributed by atoms with Crippen molar-refractivity contribution in [2.75, 3.05) is 13.2 Å². The van der Waals surface area contributed by atoms with Gasteiger partial charge in [0.1, 0.15) is 48.5 Å². The number of hydrogen-bond acceptors (Lipinski definition) is 13. The van der Waals surface area contributed by atoms with Crippen LogP contribution < -0.4 is 20.5 Å². The lowest BCUT2D eigenvalue weighted by Gasteiger charge is -2.45. The standard InChI is InChI=1S/C28H30O13/c1-13-23(16(30)7-9-35-13)40-27-26(22(34)21(33)18(11-29)38-27)41-28(2,3)19(31)12-37-25-15-6-8-36-17(15)10-14-4-5-20(32)39-24(14)25/h4-10,18-19,21-22,26-27,29,31,33-34H,11-12H2,1-3H3/t18-,19-,21-,22+,26-,27+/m1/s1. The Hall–Kier alpha value is -3.72. The molecule has 0 bridgehead atoms. The molecule has 0 saturated carbocycles. The van der Waals surface area contributed by atoms with Crippen molar-refractivity contribution in [1.29, 1.82) is 0 Å². The second kappa shape index (κ2) is 11.3. The van der Waals surface area contributed by atoms with Crippen LogP contribution in [0.25, 0.3) is 21.9 Å². The zero-order valence-corrected chi connectivity index (χ0v) is 22.4. The van der Waals surface area contributed by atoms with E-state index in [-0.39, 0.29) is 29.4 Å². The molecule has 4 aromatic rings. The lowest BCUT2D eigenvalue weighted by atomic mass is 9.96. The molecule has 1 fully saturated rings. The summed E-state index contributed by atoms with van der Waals surface area (Å²) in [5, 5.41) is 43.3. The van der Waals surface area contributed by atoms with Gasteiger partial charge in [-0.05, 0) is 39.0 Å². The first kappa shape index (κ1) is 28.8. The van der Waals surface area contributed by atoms with Crippen LogP contribution in [0.4, 0.5) is 0 Å². The van der Waals surface area contributed by atoms with Gasteiger partial charge in [-0.15, -0.1) is 0 Å². The van der Waals surface area contributed by atoms with E-state index in [1.165, 1.54) is 39.4 Å². The van der Waals surface area contributed by atoms with Gasteiger partial charge in [-0.25, -0.2) is 4.79 Å². The molecule has 6 atom stereocenters. The Morgan fingerprint density at radius 1 is 1.02 bits per heavy atom. The zero-order chi connectivity index (χ0) is 29.5. The Morgan fingerprint density at radius 2 is 1.78 bits per heavy atom. The fourth-order valence-corrected chi connectivity index (χ4v) is 4.57. The molecule has 41 heavy (non-hydrogen) atoms. The minimum absolute atomic E-state index is 0.126. The fraction of sp³-hybridized carbons (Fsp3) is 0.429. The Morgan fingerprint density at radius 3 is 2.51 bits per heavy atom. The third-order valence-corrected chi connectivity index (χ3v) is 6.99. The first-order valence-electron chi connectivity index (χ1n) is 12.8. The third kappa shape index (κ3) is 5.60. The molecule has 0 radical (unpaired) electrons. The molecule has 1 aromatic carbocycles. The monoisotopic (exact) mass is 574 g/mol. The van der Waals surface area contributed by atoms with Crippen LogP contribution in [0.15, 0.2) is 65.7 Å². The summed E-state index contributed by atoms with van der Waals surface area (Å²) in [6.07, 6.45) is -6.12. The number of aliphatic hydroxyl groups is 4. The Labute approximate surface area is 232 Å². The molecule has 4 heterocycles. The summed E-state index contributed by atoms with van der Waals surface area (Å²) < 4.78 is 39.4. The van der Waals surface area contributed by atoms with Crippen LogP contribution in [0.3, 0.4) is 0 Å². The fourth-order valence-electron chi connectivity index (χ4n) is 4.57. The van der Waals surface area contributed by atoms with Crippen LogP contribution in [0.2, 0.25) is 0 Å². The largest absolute Gasteiger partial charge is 0.486 e. The van der Waals surface area contributed by atoms with E-state index in [9.17, 15) is 30.0 Å². The van der Waals surface area contributed by atoms with Crippen molar-refractivity contribution in [3.8, 4) is 11.5 Å². The summed E-state index contributed by atoms with van der Waals surface area (Å²) in [5.74, 6) is 0.0872. The van der Waals surface area contributed by atoms with Gasteiger partial charge < -0.3 is 52.6 Å². The van der Waals surface area contributed by atoms with Crippen molar-refractivity contribution in [3.63, 3.8) is 0 Å². The van der Waals surface area contributed by atoms with Crippen molar-refractivity contribution in [2.45, 2.75) is 63.2 Å². The van der Waals surface area contributed by atoms with Crippen LogP contribution in [-0.2, 0) is 9.47 Å². The number of benzene rings is 1. The van der Waals surface area contributed by atoms with Gasteiger partial charge in [0.15, 0.2) is 11.3 Å². The summed E-state index contributed by atoms with van der Waals surface area (Å²) >= 11 is 0. The second-order valence-electron chi connectivity index (χ2n) is 10.2. The number of aryl methyl sites for hydroxylation is 1. The average Bonchev–Trinajstić information content (AvgIpc) is 3.40. The van der Waals surface area contributed by atoms with E-state index in [0.717, 1.165) is 6.07 Å². The van der Waals surface area contributed by atoms with E-state index >= 15 is 0 Å². The molecule has 1 aliphatic rings. The number of hydrogen-bond donors (Lipinski definition) is 4. The van der Waals surface area contributed by atoms with Crippen molar-refractivity contribution in [1.82, 2.24) is 0 Å². The summed E-state index contributed by atoms with van der Waals surface area (Å²) in [6, 6.07) is 7.27. The maximum absolute atomic E-state index is 12.4. The minimum atomic E-state index is -1.65. The van der Waals surface area contributed by atoms with Crippen molar-refractivity contribution in [2.24, 2.45) is 0 Å². The highest BCUT2D eigenvalue weighted by Crippen LogP contribution is 2.36. The van der Waals surface area contributed by atoms with Gasteiger partial charge in [-0.1, -0.05) is 0 Å². The van der Waals surface area contributed by atoms with Crippen LogP contribution in [0.5, 0.6) is 11.5 Å². The first-order chi connectivity index (χ1) is 19.5. The second-order valence-corrected chi connectivity index (χ2v) is 10.2. The molecule has 4 N–H and O–H groups in total. The van der Waals surface area contributed by atoms with Crippen LogP contribution >= 0.6 is 0 Å². The van der Waals surface area contributed by atoms with Gasteiger partial charge in [0.25, 0.3) is 0 Å². The first-order valence-corrected chi connectivity index (χ1v) is 12.8. The normalized spacial score (nSPS) is 24.0. The quantitative estimate of drug-likeness (QED) is 0.209. The number of furan rings is 1. The van der Waals surface area contributed by atoms with Crippen LogP contribution in [0.1, 0.15) is 19.6 Å². The molecule has 5 rings (SSSR count). The van der Waals surface area contributed by atoms with Crippen molar-refractivity contribution >= 4 is 21.9 Å². The molecule has 3 aromatic heterocycles. The highest BCUT2D eigenvalue weighted by atomic mass is 16.7. The van der Waals surface area contributed by atoms with Crippen molar-refractivity contribution in [3.05, 3.63) is 69.3 Å². The molecule has 0 amide bonds. The molecule has 220 valence electrons. The molecular weight excluding hydrogens is 544 g/mol. The van der Waals surface area contributed by atoms with Gasteiger partial charge in [-0.2, -0.15) is 0 Å². The molecule has 0 unspecified atom stereocenters. The van der Waals surface area contributed by atoms with Gasteiger partial charge in [0, 0.05) is 17.5 Å². The summed E-state index contributed by atoms with van der Waals surface area (Å²) in [6.45, 7) is 3.49. The topological polar surface area (TPSA) is 191 Å². The van der Waals surface area contributed by atoms with Crippen LogP contribution in [-0.4, -0.2) is 76.1 Å². The van der Waals surface area contributed by atoms with E-state index in [0.29, 0.717) is 16.4 Å². The lowest BCUT2D eigenvalue weighted by Crippen LogP contribution is -2.63. The maximum Gasteiger partial charge on any atom is 0.336 e. The minimum Gasteiger partial charge on any atom is -0.486 e. The summed E-state index contributed by atoms with van der Waals surface area (Å²) in [4.78, 5) is 24.3. The Bertz CT molecular complexity index is 1630. The smallest absolute Gasteiger partial charge is 0.336 e. The number of ether oxygens (including phenoxy) is 4. The number of fused-ring (bicyclic) bond motifs is 2. The van der Waals surface area contributed by atoms with Gasteiger partial charge in [0.2, 0.25) is 17.5 Å². The average molecular weight is 575 g/mol. The molecule has 13 nitrogen and oxygen atoms in total. The van der Waals surface area contributed by atoms with E-state index < -0.39 is 60.1 Å². The van der Waals surface area contributed by atoms with Gasteiger partial charge in [-0.3, -0.25) is 4.79 Å².